The van der Waals surface area contributed by atoms with E-state index in [9.17, 15) is 14.4 Å². The van der Waals surface area contributed by atoms with Crippen LogP contribution in [0.2, 0.25) is 0 Å². The van der Waals surface area contributed by atoms with Crippen molar-refractivity contribution in [1.29, 1.82) is 0 Å². The van der Waals surface area contributed by atoms with Gasteiger partial charge < -0.3 is 20.6 Å². The lowest BCUT2D eigenvalue weighted by Crippen LogP contribution is -2.45. The number of carbonyl (C=O) groups is 3. The van der Waals surface area contributed by atoms with Gasteiger partial charge in [-0.3, -0.25) is 9.59 Å². The van der Waals surface area contributed by atoms with Gasteiger partial charge in [0.05, 0.1) is 0 Å². The van der Waals surface area contributed by atoms with E-state index < -0.39 is 5.97 Å². The summed E-state index contributed by atoms with van der Waals surface area (Å²) in [4.78, 5) is 35.8. The maximum absolute atomic E-state index is 12.1. The quantitative estimate of drug-likeness (QED) is 0.671. The molecule has 1 fully saturated rings. The topological polar surface area (TPSA) is 98.7 Å². The second-order valence-corrected chi connectivity index (χ2v) is 5.90. The molecule has 0 aromatic rings. The number of hydrogen-bond acceptors (Lipinski definition) is 3. The molecule has 0 spiro atoms. The number of carboxylic acids is 1. The SMILES string of the molecule is CC(C)CC(CNC(=O)N1CCCNC(=O)C1)CC(=O)O. The number of nitrogens with zero attached hydrogens (tertiary/aromatic N) is 1. The molecular formula is C14H25N3O4. The molecule has 1 atom stereocenters. The Labute approximate surface area is 125 Å². The second kappa shape index (κ2) is 8.49. The van der Waals surface area contributed by atoms with Gasteiger partial charge in [-0.1, -0.05) is 13.8 Å². The first-order valence-electron chi connectivity index (χ1n) is 7.39. The lowest BCUT2D eigenvalue weighted by Gasteiger charge is -2.22. The number of urea groups is 1. The molecule has 1 heterocycles. The Morgan fingerprint density at radius 3 is 2.76 bits per heavy atom. The summed E-state index contributed by atoms with van der Waals surface area (Å²) in [5.41, 5.74) is 0. The molecule has 0 bridgehead atoms. The predicted molar refractivity (Wildman–Crippen MR) is 77.8 cm³/mol. The molecule has 1 rings (SSSR count). The van der Waals surface area contributed by atoms with E-state index >= 15 is 0 Å². The molecule has 1 saturated heterocycles. The van der Waals surface area contributed by atoms with Gasteiger partial charge in [-0.05, 0) is 24.7 Å². The van der Waals surface area contributed by atoms with E-state index in [0.29, 0.717) is 25.6 Å². The summed E-state index contributed by atoms with van der Waals surface area (Å²) in [6.45, 7) is 5.53. The van der Waals surface area contributed by atoms with Crippen LogP contribution in [0.3, 0.4) is 0 Å². The Hall–Kier alpha value is -1.79. The summed E-state index contributed by atoms with van der Waals surface area (Å²) in [6, 6.07) is -0.300. The predicted octanol–water partition coefficient (Wildman–Crippen LogP) is 0.655. The van der Waals surface area contributed by atoms with Gasteiger partial charge >= 0.3 is 12.0 Å². The summed E-state index contributed by atoms with van der Waals surface area (Å²) in [6.07, 6.45) is 1.51. The van der Waals surface area contributed by atoms with Gasteiger partial charge in [-0.2, -0.15) is 0 Å². The molecule has 0 radical (unpaired) electrons. The van der Waals surface area contributed by atoms with Crippen molar-refractivity contribution in [3.05, 3.63) is 0 Å². The highest BCUT2D eigenvalue weighted by molar-refractivity contribution is 5.84. The molecule has 1 unspecified atom stereocenters. The van der Waals surface area contributed by atoms with Crippen LogP contribution in [0.25, 0.3) is 0 Å². The average Bonchev–Trinajstić information content (AvgIpc) is 2.59. The van der Waals surface area contributed by atoms with E-state index in [1.54, 1.807) is 0 Å². The number of aliphatic carboxylic acids is 1. The van der Waals surface area contributed by atoms with Gasteiger partial charge in [-0.15, -0.1) is 0 Å². The molecule has 3 amide bonds. The molecule has 7 heteroatoms. The van der Waals surface area contributed by atoms with Crippen molar-refractivity contribution in [2.24, 2.45) is 11.8 Å². The number of amides is 3. The normalized spacial score (nSPS) is 17.1. The van der Waals surface area contributed by atoms with Crippen LogP contribution in [-0.2, 0) is 9.59 Å². The first-order chi connectivity index (χ1) is 9.88. The standard InChI is InChI=1S/C14H25N3O4/c1-10(2)6-11(7-13(19)20)8-16-14(21)17-5-3-4-15-12(18)9-17/h10-11H,3-9H2,1-2H3,(H,15,18)(H,16,21)(H,19,20). The van der Waals surface area contributed by atoms with Crippen LogP contribution in [0.4, 0.5) is 4.79 Å². The lowest BCUT2D eigenvalue weighted by molar-refractivity contribution is -0.138. The van der Waals surface area contributed by atoms with Gasteiger partial charge in [-0.25, -0.2) is 4.79 Å². The Morgan fingerprint density at radius 2 is 2.14 bits per heavy atom. The van der Waals surface area contributed by atoms with Crippen molar-refractivity contribution >= 4 is 17.9 Å². The largest absolute Gasteiger partial charge is 0.481 e. The maximum Gasteiger partial charge on any atom is 0.317 e. The van der Waals surface area contributed by atoms with E-state index in [-0.39, 0.29) is 30.8 Å². The monoisotopic (exact) mass is 299 g/mol. The van der Waals surface area contributed by atoms with Crippen molar-refractivity contribution in [3.63, 3.8) is 0 Å². The Morgan fingerprint density at radius 1 is 1.43 bits per heavy atom. The van der Waals surface area contributed by atoms with Crippen LogP contribution in [0.5, 0.6) is 0 Å². The van der Waals surface area contributed by atoms with Gasteiger partial charge in [0.2, 0.25) is 5.91 Å². The minimum absolute atomic E-state index is 0.0406. The first-order valence-corrected chi connectivity index (χ1v) is 7.39. The van der Waals surface area contributed by atoms with Crippen LogP contribution in [0.1, 0.15) is 33.1 Å². The Bertz CT molecular complexity index is 384. The van der Waals surface area contributed by atoms with Gasteiger partial charge in [0, 0.05) is 26.1 Å². The molecule has 0 aromatic heterocycles. The van der Waals surface area contributed by atoms with Crippen LogP contribution in [0.15, 0.2) is 0 Å². The van der Waals surface area contributed by atoms with E-state index in [2.05, 4.69) is 10.6 Å². The fourth-order valence-corrected chi connectivity index (χ4v) is 2.48. The third-order valence-corrected chi connectivity index (χ3v) is 3.36. The highest BCUT2D eigenvalue weighted by atomic mass is 16.4. The summed E-state index contributed by atoms with van der Waals surface area (Å²) in [5, 5.41) is 14.4. The Kier molecular flexibility index (Phi) is 6.98. The van der Waals surface area contributed by atoms with Crippen LogP contribution in [-0.4, -0.2) is 54.1 Å². The number of carboxylic acid groups (broad SMARTS) is 1. The molecule has 1 aliphatic heterocycles. The van der Waals surface area contributed by atoms with Crippen LogP contribution < -0.4 is 10.6 Å². The highest BCUT2D eigenvalue weighted by Crippen LogP contribution is 2.14. The first kappa shape index (κ1) is 17.3. The zero-order valence-electron chi connectivity index (χ0n) is 12.7. The molecule has 0 aromatic carbocycles. The highest BCUT2D eigenvalue weighted by Gasteiger charge is 2.21. The third-order valence-electron chi connectivity index (χ3n) is 3.36. The van der Waals surface area contributed by atoms with E-state index in [1.165, 1.54) is 4.90 Å². The Balaban J connectivity index is 2.47. The van der Waals surface area contributed by atoms with Gasteiger partial charge in [0.25, 0.3) is 0 Å². The molecule has 3 N–H and O–H groups in total. The molecule has 1 aliphatic rings. The molecule has 7 nitrogen and oxygen atoms in total. The van der Waals surface area contributed by atoms with Crippen molar-refractivity contribution in [3.8, 4) is 0 Å². The minimum Gasteiger partial charge on any atom is -0.481 e. The van der Waals surface area contributed by atoms with Crippen molar-refractivity contribution in [2.45, 2.75) is 33.1 Å². The number of carbonyl (C=O) groups excluding carboxylic acids is 2. The minimum atomic E-state index is -0.857. The fourth-order valence-electron chi connectivity index (χ4n) is 2.48. The third kappa shape index (κ3) is 6.97. The zero-order chi connectivity index (χ0) is 15.8. The van der Waals surface area contributed by atoms with Gasteiger partial charge in [0.15, 0.2) is 0 Å². The van der Waals surface area contributed by atoms with Crippen molar-refractivity contribution in [2.75, 3.05) is 26.2 Å². The number of rotatable bonds is 6. The van der Waals surface area contributed by atoms with Crippen LogP contribution in [0, 0.1) is 11.8 Å². The van der Waals surface area contributed by atoms with Crippen LogP contribution >= 0.6 is 0 Å². The second-order valence-electron chi connectivity index (χ2n) is 5.90. The average molecular weight is 299 g/mol. The summed E-state index contributed by atoms with van der Waals surface area (Å²) in [7, 11) is 0. The van der Waals surface area contributed by atoms with E-state index in [4.69, 9.17) is 5.11 Å². The summed E-state index contributed by atoms with van der Waals surface area (Å²) in [5.74, 6) is -0.738. The molecule has 0 aliphatic carbocycles. The summed E-state index contributed by atoms with van der Waals surface area (Å²) < 4.78 is 0. The molecule has 0 saturated carbocycles. The van der Waals surface area contributed by atoms with E-state index in [1.807, 2.05) is 13.8 Å². The molecular weight excluding hydrogens is 274 g/mol. The number of nitrogens with one attached hydrogen (secondary N) is 2. The number of hydrogen-bond donors (Lipinski definition) is 3. The maximum atomic E-state index is 12.1. The fraction of sp³-hybridized carbons (Fsp3) is 0.786. The van der Waals surface area contributed by atoms with Crippen molar-refractivity contribution in [1.82, 2.24) is 15.5 Å². The molecule has 120 valence electrons. The summed E-state index contributed by atoms with van der Waals surface area (Å²) >= 11 is 0. The van der Waals surface area contributed by atoms with E-state index in [0.717, 1.165) is 12.8 Å². The zero-order valence-corrected chi connectivity index (χ0v) is 12.7. The smallest absolute Gasteiger partial charge is 0.317 e. The van der Waals surface area contributed by atoms with Gasteiger partial charge in [0.1, 0.15) is 6.54 Å². The lowest BCUT2D eigenvalue weighted by atomic mass is 9.94. The van der Waals surface area contributed by atoms with Crippen molar-refractivity contribution < 1.29 is 19.5 Å². The molecule has 21 heavy (non-hydrogen) atoms.